The molecular formula is C20H32N2O2. The molecule has 4 heteroatoms. The summed E-state index contributed by atoms with van der Waals surface area (Å²) in [6.07, 6.45) is 5.09. The molecule has 2 unspecified atom stereocenters. The second-order valence-electron chi connectivity index (χ2n) is 7.12. The average molecular weight is 332 g/mol. The van der Waals surface area contributed by atoms with E-state index in [4.69, 9.17) is 0 Å². The van der Waals surface area contributed by atoms with Crippen molar-refractivity contribution in [1.82, 2.24) is 10.2 Å². The van der Waals surface area contributed by atoms with Gasteiger partial charge in [-0.05, 0) is 50.3 Å². The number of hydrogen-bond donors (Lipinski definition) is 2. The van der Waals surface area contributed by atoms with Crippen molar-refractivity contribution in [3.05, 3.63) is 35.9 Å². The summed E-state index contributed by atoms with van der Waals surface area (Å²) in [4.78, 5) is 15.4. The van der Waals surface area contributed by atoms with Gasteiger partial charge in [0.15, 0.2) is 0 Å². The van der Waals surface area contributed by atoms with Gasteiger partial charge >= 0.3 is 0 Å². The predicted octanol–water partition coefficient (Wildman–Crippen LogP) is 3.13. The van der Waals surface area contributed by atoms with Crippen LogP contribution in [0.3, 0.4) is 0 Å². The molecule has 1 fully saturated rings. The van der Waals surface area contributed by atoms with E-state index in [2.05, 4.69) is 24.1 Å². The normalized spacial score (nSPS) is 18.3. The second-order valence-corrected chi connectivity index (χ2v) is 7.12. The number of carbonyl (C=O) groups excluding carboxylic acids is 1. The molecule has 2 N–H and O–H groups in total. The van der Waals surface area contributed by atoms with E-state index >= 15 is 0 Å². The number of nitrogens with one attached hydrogen (secondary N) is 1. The Bertz CT molecular complexity index is 484. The van der Waals surface area contributed by atoms with Crippen molar-refractivity contribution in [2.24, 2.45) is 5.92 Å². The Morgan fingerprint density at radius 1 is 1.17 bits per heavy atom. The first-order valence-electron chi connectivity index (χ1n) is 9.33. The SMILES string of the molecule is CC(C)C(C(=O)NC(CCCO)c1ccccc1)N1CCCCC1. The molecule has 1 aliphatic heterocycles. The van der Waals surface area contributed by atoms with Crippen molar-refractivity contribution in [3.63, 3.8) is 0 Å². The number of hydrogen-bond acceptors (Lipinski definition) is 3. The lowest BCUT2D eigenvalue weighted by atomic mass is 9.96. The molecule has 0 saturated carbocycles. The molecule has 24 heavy (non-hydrogen) atoms. The Balaban J connectivity index is 2.08. The van der Waals surface area contributed by atoms with E-state index in [1.54, 1.807) is 0 Å². The largest absolute Gasteiger partial charge is 0.396 e. The summed E-state index contributed by atoms with van der Waals surface area (Å²) in [5.74, 6) is 0.413. The van der Waals surface area contributed by atoms with Crippen molar-refractivity contribution in [3.8, 4) is 0 Å². The zero-order chi connectivity index (χ0) is 17.4. The fourth-order valence-electron chi connectivity index (χ4n) is 3.65. The third-order valence-electron chi connectivity index (χ3n) is 4.85. The Hall–Kier alpha value is -1.39. The molecule has 1 saturated heterocycles. The summed E-state index contributed by atoms with van der Waals surface area (Å²) < 4.78 is 0. The van der Waals surface area contributed by atoms with Gasteiger partial charge in [-0.2, -0.15) is 0 Å². The highest BCUT2D eigenvalue weighted by Gasteiger charge is 2.31. The molecule has 0 aliphatic carbocycles. The molecule has 4 nitrogen and oxygen atoms in total. The number of nitrogens with zero attached hydrogens (tertiary/aromatic N) is 1. The molecule has 2 rings (SSSR count). The zero-order valence-corrected chi connectivity index (χ0v) is 15.1. The lowest BCUT2D eigenvalue weighted by molar-refractivity contribution is -0.129. The van der Waals surface area contributed by atoms with E-state index in [9.17, 15) is 9.90 Å². The van der Waals surface area contributed by atoms with Crippen LogP contribution >= 0.6 is 0 Å². The standard InChI is InChI=1S/C20H32N2O2/c1-16(2)19(22-13-7-4-8-14-22)20(24)21-18(12-9-15-23)17-10-5-3-6-11-17/h3,5-6,10-11,16,18-19,23H,4,7-9,12-15H2,1-2H3,(H,21,24). The van der Waals surface area contributed by atoms with E-state index in [1.165, 1.54) is 19.3 Å². The van der Waals surface area contributed by atoms with Crippen LogP contribution in [0.15, 0.2) is 30.3 Å². The minimum Gasteiger partial charge on any atom is -0.396 e. The van der Waals surface area contributed by atoms with Crippen LogP contribution in [0.2, 0.25) is 0 Å². The van der Waals surface area contributed by atoms with Crippen LogP contribution in [-0.2, 0) is 4.79 Å². The molecule has 1 aromatic rings. The van der Waals surface area contributed by atoms with Gasteiger partial charge in [0.1, 0.15) is 0 Å². The minimum atomic E-state index is -0.0642. The van der Waals surface area contributed by atoms with Crippen LogP contribution in [0.1, 0.15) is 57.6 Å². The van der Waals surface area contributed by atoms with Crippen LogP contribution in [-0.4, -0.2) is 41.7 Å². The van der Waals surface area contributed by atoms with Gasteiger partial charge in [-0.3, -0.25) is 9.69 Å². The molecular weight excluding hydrogens is 300 g/mol. The second kappa shape index (κ2) is 9.80. The van der Waals surface area contributed by atoms with Gasteiger partial charge < -0.3 is 10.4 Å². The van der Waals surface area contributed by atoms with Gasteiger partial charge in [-0.25, -0.2) is 0 Å². The number of aliphatic hydroxyl groups is 1. The van der Waals surface area contributed by atoms with Gasteiger partial charge in [0.25, 0.3) is 0 Å². The van der Waals surface area contributed by atoms with Crippen molar-refractivity contribution in [1.29, 1.82) is 0 Å². The fraction of sp³-hybridized carbons (Fsp3) is 0.650. The van der Waals surface area contributed by atoms with Gasteiger partial charge in [-0.1, -0.05) is 50.6 Å². The minimum absolute atomic E-state index is 0.0307. The molecule has 2 atom stereocenters. The summed E-state index contributed by atoms with van der Waals surface area (Å²) in [6.45, 7) is 6.44. The topological polar surface area (TPSA) is 52.6 Å². The number of amides is 1. The summed E-state index contributed by atoms with van der Waals surface area (Å²) >= 11 is 0. The summed E-state index contributed by atoms with van der Waals surface area (Å²) in [5, 5.41) is 12.4. The Labute approximate surface area is 146 Å². The van der Waals surface area contributed by atoms with Gasteiger partial charge in [-0.15, -0.1) is 0 Å². The van der Waals surface area contributed by atoms with Crippen molar-refractivity contribution in [2.45, 2.75) is 58.0 Å². The lowest BCUT2D eigenvalue weighted by Gasteiger charge is -2.36. The zero-order valence-electron chi connectivity index (χ0n) is 15.1. The number of piperidine rings is 1. The third-order valence-corrected chi connectivity index (χ3v) is 4.85. The van der Waals surface area contributed by atoms with Crippen LogP contribution in [0.5, 0.6) is 0 Å². The number of likely N-dealkylation sites (tertiary alicyclic amines) is 1. The first-order chi connectivity index (χ1) is 11.6. The van der Waals surface area contributed by atoms with Crippen molar-refractivity contribution < 1.29 is 9.90 Å². The first kappa shape index (κ1) is 18.9. The highest BCUT2D eigenvalue weighted by atomic mass is 16.3. The van der Waals surface area contributed by atoms with E-state index in [0.717, 1.165) is 25.1 Å². The maximum Gasteiger partial charge on any atom is 0.238 e. The highest BCUT2D eigenvalue weighted by Crippen LogP contribution is 2.22. The molecule has 1 aliphatic rings. The number of rotatable bonds is 8. The Morgan fingerprint density at radius 2 is 1.83 bits per heavy atom. The smallest absolute Gasteiger partial charge is 0.238 e. The van der Waals surface area contributed by atoms with E-state index in [-0.39, 0.29) is 30.5 Å². The molecule has 1 amide bonds. The summed E-state index contributed by atoms with van der Waals surface area (Å²) in [6, 6.07) is 9.98. The molecule has 0 aromatic heterocycles. The predicted molar refractivity (Wildman–Crippen MR) is 97.7 cm³/mol. The quantitative estimate of drug-likeness (QED) is 0.769. The first-order valence-corrected chi connectivity index (χ1v) is 9.33. The highest BCUT2D eigenvalue weighted by molar-refractivity contribution is 5.82. The van der Waals surface area contributed by atoms with E-state index < -0.39 is 0 Å². The average Bonchev–Trinajstić information content (AvgIpc) is 2.60. The molecule has 134 valence electrons. The maximum absolute atomic E-state index is 13.0. The van der Waals surface area contributed by atoms with Crippen molar-refractivity contribution in [2.75, 3.05) is 19.7 Å². The molecule has 0 spiro atoms. The molecule has 0 radical (unpaired) electrons. The summed E-state index contributed by atoms with van der Waals surface area (Å²) in [5.41, 5.74) is 1.11. The number of benzene rings is 1. The van der Waals surface area contributed by atoms with Gasteiger partial charge in [0, 0.05) is 6.61 Å². The maximum atomic E-state index is 13.0. The number of carbonyl (C=O) groups is 1. The van der Waals surface area contributed by atoms with E-state index in [1.807, 2.05) is 30.3 Å². The van der Waals surface area contributed by atoms with Crippen molar-refractivity contribution >= 4 is 5.91 Å². The van der Waals surface area contributed by atoms with Crippen LogP contribution in [0.25, 0.3) is 0 Å². The fourth-order valence-corrected chi connectivity index (χ4v) is 3.65. The van der Waals surface area contributed by atoms with Crippen LogP contribution < -0.4 is 5.32 Å². The monoisotopic (exact) mass is 332 g/mol. The Kier molecular flexibility index (Phi) is 7.73. The van der Waals surface area contributed by atoms with Crippen LogP contribution in [0.4, 0.5) is 0 Å². The van der Waals surface area contributed by atoms with E-state index in [0.29, 0.717) is 6.42 Å². The van der Waals surface area contributed by atoms with Crippen LogP contribution in [0, 0.1) is 5.92 Å². The summed E-state index contributed by atoms with van der Waals surface area (Å²) in [7, 11) is 0. The van der Waals surface area contributed by atoms with Gasteiger partial charge in [0.05, 0.1) is 12.1 Å². The third kappa shape index (κ3) is 5.32. The molecule has 1 heterocycles. The Morgan fingerprint density at radius 3 is 2.42 bits per heavy atom. The van der Waals surface area contributed by atoms with Gasteiger partial charge in [0.2, 0.25) is 5.91 Å². The number of aliphatic hydroxyl groups excluding tert-OH is 1. The molecule has 1 aromatic carbocycles. The lowest BCUT2D eigenvalue weighted by Crippen LogP contribution is -2.52. The molecule has 0 bridgehead atoms.